The number of benzene rings is 1. The largest absolute Gasteiger partial charge is 0.573 e. The molecule has 1 fully saturated rings. The second kappa shape index (κ2) is 7.88. The van der Waals surface area contributed by atoms with Gasteiger partial charge in [0.1, 0.15) is 5.75 Å². The molecule has 0 saturated carbocycles. The number of rotatable bonds is 3. The minimum absolute atomic E-state index is 0. The number of likely N-dealkylation sites (tertiary alicyclic amines) is 1. The van der Waals surface area contributed by atoms with Crippen LogP contribution in [0.15, 0.2) is 24.3 Å². The van der Waals surface area contributed by atoms with Gasteiger partial charge in [0.05, 0.1) is 0 Å². The van der Waals surface area contributed by atoms with Crippen molar-refractivity contribution in [3.05, 3.63) is 29.8 Å². The smallest absolute Gasteiger partial charge is 0.406 e. The zero-order valence-electron chi connectivity index (χ0n) is 12.7. The molecular weight excluding hydrogens is 333 g/mol. The minimum atomic E-state index is -4.78. The van der Waals surface area contributed by atoms with E-state index in [1.165, 1.54) is 18.2 Å². The predicted molar refractivity (Wildman–Crippen MR) is 82.6 cm³/mol. The van der Waals surface area contributed by atoms with Crippen molar-refractivity contribution in [3.63, 3.8) is 0 Å². The highest BCUT2D eigenvalue weighted by atomic mass is 35.5. The van der Waals surface area contributed by atoms with Crippen LogP contribution in [0.4, 0.5) is 13.2 Å². The third-order valence-electron chi connectivity index (χ3n) is 3.93. The molecule has 0 aromatic heterocycles. The summed E-state index contributed by atoms with van der Waals surface area (Å²) in [7, 11) is 0. The van der Waals surface area contributed by atoms with Gasteiger partial charge in [-0.1, -0.05) is 13.0 Å². The molecule has 4 nitrogen and oxygen atoms in total. The Morgan fingerprint density at radius 3 is 2.74 bits per heavy atom. The van der Waals surface area contributed by atoms with Gasteiger partial charge in [0.2, 0.25) is 0 Å². The fourth-order valence-electron chi connectivity index (χ4n) is 2.85. The van der Waals surface area contributed by atoms with Crippen LogP contribution in [0.2, 0.25) is 0 Å². The summed E-state index contributed by atoms with van der Waals surface area (Å²) < 4.78 is 40.6. The summed E-state index contributed by atoms with van der Waals surface area (Å²) in [6, 6.07) is 5.05. The van der Waals surface area contributed by atoms with Crippen LogP contribution in [-0.2, 0) is 0 Å². The predicted octanol–water partition coefficient (Wildman–Crippen LogP) is 3.21. The Morgan fingerprint density at radius 1 is 1.43 bits per heavy atom. The van der Waals surface area contributed by atoms with Crippen molar-refractivity contribution in [1.82, 2.24) is 4.90 Å². The Bertz CT molecular complexity index is 540. The first-order valence-corrected chi connectivity index (χ1v) is 7.18. The van der Waals surface area contributed by atoms with Crippen LogP contribution in [0.3, 0.4) is 0 Å². The molecule has 1 heterocycles. The number of ether oxygens (including phenoxy) is 1. The molecule has 23 heavy (non-hydrogen) atoms. The molecule has 2 unspecified atom stereocenters. The van der Waals surface area contributed by atoms with E-state index in [4.69, 9.17) is 5.73 Å². The summed E-state index contributed by atoms with van der Waals surface area (Å²) in [6.45, 7) is 2.93. The lowest BCUT2D eigenvalue weighted by Gasteiger charge is -2.39. The van der Waals surface area contributed by atoms with Crippen molar-refractivity contribution in [2.75, 3.05) is 13.1 Å². The average Bonchev–Trinajstić information content (AvgIpc) is 2.44. The molecule has 8 heteroatoms. The van der Waals surface area contributed by atoms with Crippen LogP contribution in [0, 0.1) is 5.92 Å². The van der Waals surface area contributed by atoms with Crippen molar-refractivity contribution in [2.24, 2.45) is 11.7 Å². The third-order valence-corrected chi connectivity index (χ3v) is 3.93. The highest BCUT2D eigenvalue weighted by Gasteiger charge is 2.33. The van der Waals surface area contributed by atoms with Crippen molar-refractivity contribution in [3.8, 4) is 5.75 Å². The van der Waals surface area contributed by atoms with Gasteiger partial charge >= 0.3 is 6.36 Å². The summed E-state index contributed by atoms with van der Waals surface area (Å²) >= 11 is 0. The monoisotopic (exact) mass is 352 g/mol. The summed E-state index contributed by atoms with van der Waals surface area (Å²) in [6.07, 6.45) is -2.92. The fraction of sp³-hybridized carbons (Fsp3) is 0.533. The second-order valence-corrected chi connectivity index (χ2v) is 5.50. The van der Waals surface area contributed by atoms with Gasteiger partial charge in [-0.2, -0.15) is 0 Å². The van der Waals surface area contributed by atoms with E-state index in [0.717, 1.165) is 18.9 Å². The molecule has 1 aromatic rings. The lowest BCUT2D eigenvalue weighted by atomic mass is 9.90. The maximum absolute atomic E-state index is 12.6. The Morgan fingerprint density at radius 2 is 2.13 bits per heavy atom. The number of halogens is 4. The number of carbonyl (C=O) groups is 1. The highest BCUT2D eigenvalue weighted by Crippen LogP contribution is 2.27. The molecule has 0 bridgehead atoms. The molecule has 2 N–H and O–H groups in total. The Labute approximate surface area is 139 Å². The third kappa shape index (κ3) is 5.00. The van der Waals surface area contributed by atoms with Crippen molar-refractivity contribution in [2.45, 2.75) is 32.2 Å². The van der Waals surface area contributed by atoms with Crippen LogP contribution in [0.1, 0.15) is 30.1 Å². The van der Waals surface area contributed by atoms with Gasteiger partial charge in [-0.25, -0.2) is 0 Å². The summed E-state index contributed by atoms with van der Waals surface area (Å²) in [5.41, 5.74) is 5.92. The maximum atomic E-state index is 12.6. The van der Waals surface area contributed by atoms with E-state index in [1.54, 1.807) is 4.90 Å². The number of hydrogen-bond acceptors (Lipinski definition) is 3. The first-order valence-electron chi connectivity index (χ1n) is 7.18. The number of hydrogen-bond donors (Lipinski definition) is 1. The first-order chi connectivity index (χ1) is 10.3. The van der Waals surface area contributed by atoms with Gasteiger partial charge in [-0.05, 0) is 37.0 Å². The quantitative estimate of drug-likeness (QED) is 0.908. The van der Waals surface area contributed by atoms with Gasteiger partial charge in [0.15, 0.2) is 0 Å². The van der Waals surface area contributed by atoms with Gasteiger partial charge in [0, 0.05) is 24.7 Å². The van der Waals surface area contributed by atoms with Crippen LogP contribution in [0.25, 0.3) is 0 Å². The Kier molecular flexibility index (Phi) is 6.70. The number of amides is 1. The molecule has 1 saturated heterocycles. The number of carbonyl (C=O) groups excluding carboxylic acids is 1. The molecule has 0 spiro atoms. The zero-order chi connectivity index (χ0) is 16.3. The second-order valence-electron chi connectivity index (χ2n) is 5.50. The lowest BCUT2D eigenvalue weighted by molar-refractivity contribution is -0.274. The number of alkyl halides is 3. The molecule has 1 aliphatic rings. The zero-order valence-corrected chi connectivity index (χ0v) is 13.5. The molecule has 1 aromatic carbocycles. The molecule has 130 valence electrons. The molecule has 1 amide bonds. The lowest BCUT2D eigenvalue weighted by Crippen LogP contribution is -2.51. The van der Waals surface area contributed by atoms with E-state index in [9.17, 15) is 18.0 Å². The van der Waals surface area contributed by atoms with E-state index < -0.39 is 12.1 Å². The van der Waals surface area contributed by atoms with Crippen molar-refractivity contribution < 1.29 is 22.7 Å². The summed E-state index contributed by atoms with van der Waals surface area (Å²) in [5.74, 6) is -0.431. The van der Waals surface area contributed by atoms with Crippen LogP contribution in [-0.4, -0.2) is 36.3 Å². The molecule has 0 radical (unpaired) electrons. The van der Waals surface area contributed by atoms with Gasteiger partial charge < -0.3 is 15.4 Å². The minimum Gasteiger partial charge on any atom is -0.406 e. The molecule has 0 aliphatic carbocycles. The number of nitrogens with zero attached hydrogens (tertiary/aromatic N) is 1. The van der Waals surface area contributed by atoms with Crippen molar-refractivity contribution >= 4 is 18.3 Å². The first kappa shape index (κ1) is 19.6. The van der Waals surface area contributed by atoms with E-state index >= 15 is 0 Å². The van der Waals surface area contributed by atoms with Gasteiger partial charge in [0.25, 0.3) is 5.91 Å². The Balaban J connectivity index is 0.00000264. The van der Waals surface area contributed by atoms with E-state index in [0.29, 0.717) is 13.1 Å². The molecule has 1 aliphatic heterocycles. The van der Waals surface area contributed by atoms with Gasteiger partial charge in [-0.3, -0.25) is 4.79 Å². The Hall–Kier alpha value is -1.47. The van der Waals surface area contributed by atoms with Crippen LogP contribution in [0.5, 0.6) is 5.75 Å². The summed E-state index contributed by atoms with van der Waals surface area (Å²) in [4.78, 5) is 14.2. The standard InChI is InChI=1S/C15H19F3N2O2.ClH/c1-10-4-3-7-20(13(10)9-19)14(21)11-5-2-6-12(8-11)22-15(16,17)18;/h2,5-6,8,10,13H,3-4,7,9,19H2,1H3;1H. The highest BCUT2D eigenvalue weighted by molar-refractivity contribution is 5.95. The normalized spacial score (nSPS) is 21.5. The molecule has 2 atom stereocenters. The fourth-order valence-corrected chi connectivity index (χ4v) is 2.85. The summed E-state index contributed by atoms with van der Waals surface area (Å²) in [5, 5.41) is 0. The van der Waals surface area contributed by atoms with Crippen LogP contribution >= 0.6 is 12.4 Å². The van der Waals surface area contributed by atoms with E-state index in [2.05, 4.69) is 4.74 Å². The average molecular weight is 353 g/mol. The maximum Gasteiger partial charge on any atom is 0.573 e. The molecular formula is C15H20ClF3N2O2. The van der Waals surface area contributed by atoms with Gasteiger partial charge in [-0.15, -0.1) is 25.6 Å². The number of piperidine rings is 1. The van der Waals surface area contributed by atoms with Crippen molar-refractivity contribution in [1.29, 1.82) is 0 Å². The van der Waals surface area contributed by atoms with E-state index in [1.807, 2.05) is 6.92 Å². The SMILES string of the molecule is CC1CCCN(C(=O)c2cccc(OC(F)(F)F)c2)C1CN.Cl. The molecule has 2 rings (SSSR count). The van der Waals surface area contributed by atoms with Crippen LogP contribution < -0.4 is 10.5 Å². The topological polar surface area (TPSA) is 55.6 Å². The number of nitrogens with two attached hydrogens (primary N) is 1. The van der Waals surface area contributed by atoms with E-state index in [-0.39, 0.29) is 35.8 Å².